The molecule has 0 unspecified atom stereocenters. The van der Waals surface area contributed by atoms with Crippen LogP contribution in [0.3, 0.4) is 0 Å². The molecule has 5 nitrogen and oxygen atoms in total. The molecule has 0 aromatic carbocycles. The molecule has 170 valence electrons. The molecule has 2 aliphatic rings. The van der Waals surface area contributed by atoms with E-state index in [2.05, 4.69) is 77.8 Å². The lowest BCUT2D eigenvalue weighted by molar-refractivity contribution is -0.144. The average molecular weight is 410 g/mol. The van der Waals surface area contributed by atoms with Crippen molar-refractivity contribution in [3.63, 3.8) is 0 Å². The Balaban J connectivity index is 2.05. The number of hydrogen-bond acceptors (Lipinski definition) is 4. The molecule has 0 aromatic rings. The van der Waals surface area contributed by atoms with Gasteiger partial charge in [-0.15, -0.1) is 0 Å². The van der Waals surface area contributed by atoms with Crippen molar-refractivity contribution in [2.24, 2.45) is 0 Å². The second kappa shape index (κ2) is 8.84. The molecule has 0 aromatic heterocycles. The quantitative estimate of drug-likeness (QED) is 0.660. The van der Waals surface area contributed by atoms with Crippen LogP contribution >= 0.6 is 0 Å². The van der Waals surface area contributed by atoms with Gasteiger partial charge < -0.3 is 20.3 Å². The molecule has 0 saturated carbocycles. The first kappa shape index (κ1) is 24.6. The summed E-state index contributed by atoms with van der Waals surface area (Å²) in [6.07, 6.45) is 6.11. The zero-order valence-electron chi connectivity index (χ0n) is 20.6. The predicted octanol–water partition coefficient (Wildman–Crippen LogP) is 4.25. The van der Waals surface area contributed by atoms with Crippen LogP contribution in [0.1, 0.15) is 101 Å². The van der Waals surface area contributed by atoms with Crippen molar-refractivity contribution >= 4 is 5.91 Å². The normalized spacial score (nSPS) is 26.2. The maximum Gasteiger partial charge on any atom is 0.248 e. The summed E-state index contributed by atoms with van der Waals surface area (Å²) in [5.41, 5.74) is 0.114. The molecular formula is C24H47N3O2. The Hall–Kier alpha value is -0.650. The zero-order valence-corrected chi connectivity index (χ0v) is 20.6. The summed E-state index contributed by atoms with van der Waals surface area (Å²) in [6.45, 7) is 21.1. The van der Waals surface area contributed by atoms with Crippen LogP contribution in [0.5, 0.6) is 0 Å². The minimum atomic E-state index is 0.0282. The third kappa shape index (κ3) is 7.52. The number of unbranched alkanes of at least 4 members (excludes halogenated alkanes) is 1. The van der Waals surface area contributed by atoms with Crippen LogP contribution in [0.25, 0.3) is 0 Å². The number of piperidine rings is 2. The Bertz CT molecular complexity index is 536. The van der Waals surface area contributed by atoms with Crippen LogP contribution in [0.2, 0.25) is 0 Å². The van der Waals surface area contributed by atoms with E-state index in [-0.39, 0.29) is 46.8 Å². The molecule has 2 saturated heterocycles. The fourth-order valence-corrected chi connectivity index (χ4v) is 5.95. The molecule has 5 heteroatoms. The van der Waals surface area contributed by atoms with E-state index < -0.39 is 0 Å². The molecular weight excluding hydrogens is 362 g/mol. The first-order valence-electron chi connectivity index (χ1n) is 11.6. The smallest absolute Gasteiger partial charge is 0.248 e. The van der Waals surface area contributed by atoms with Crippen molar-refractivity contribution in [3.05, 3.63) is 0 Å². The van der Waals surface area contributed by atoms with Gasteiger partial charge in [0.15, 0.2) is 0 Å². The Morgan fingerprint density at radius 2 is 1.31 bits per heavy atom. The number of rotatable bonds is 7. The van der Waals surface area contributed by atoms with E-state index in [9.17, 15) is 4.79 Å². The highest BCUT2D eigenvalue weighted by Gasteiger charge is 2.42. The maximum atomic E-state index is 13.3. The number of nitrogens with zero attached hydrogens (tertiary/aromatic N) is 1. The molecule has 2 aliphatic heterocycles. The fourth-order valence-electron chi connectivity index (χ4n) is 5.95. The standard InChI is InChI=1S/C24H47N3O2/c1-10-11-12-27(18-13-21(2,3)25-22(4,5)14-18)20(28)17-29-19-15-23(6,7)26-24(8,9)16-19/h18-19,25-26H,10-17H2,1-9H3. The number of carbonyl (C=O) groups excluding carboxylic acids is 1. The van der Waals surface area contributed by atoms with Gasteiger partial charge in [-0.2, -0.15) is 0 Å². The van der Waals surface area contributed by atoms with Crippen molar-refractivity contribution in [1.29, 1.82) is 0 Å². The summed E-state index contributed by atoms with van der Waals surface area (Å²) < 4.78 is 6.22. The predicted molar refractivity (Wildman–Crippen MR) is 121 cm³/mol. The molecule has 29 heavy (non-hydrogen) atoms. The molecule has 0 radical (unpaired) electrons. The minimum absolute atomic E-state index is 0.0282. The molecule has 0 aliphatic carbocycles. The van der Waals surface area contributed by atoms with E-state index >= 15 is 0 Å². The summed E-state index contributed by atoms with van der Waals surface area (Å²) in [5, 5.41) is 7.43. The summed E-state index contributed by atoms with van der Waals surface area (Å²) in [5.74, 6) is 0.158. The van der Waals surface area contributed by atoms with Gasteiger partial charge >= 0.3 is 0 Å². The van der Waals surface area contributed by atoms with Gasteiger partial charge in [0.2, 0.25) is 5.91 Å². The summed E-state index contributed by atoms with van der Waals surface area (Å²) in [4.78, 5) is 15.4. The van der Waals surface area contributed by atoms with Gasteiger partial charge in [0.05, 0.1) is 6.10 Å². The van der Waals surface area contributed by atoms with E-state index in [1.807, 2.05) is 0 Å². The monoisotopic (exact) mass is 409 g/mol. The van der Waals surface area contributed by atoms with Gasteiger partial charge in [-0.05, 0) is 87.5 Å². The number of hydrogen-bond donors (Lipinski definition) is 2. The van der Waals surface area contributed by atoms with Crippen LogP contribution in [0, 0.1) is 0 Å². The molecule has 0 atom stereocenters. The van der Waals surface area contributed by atoms with Gasteiger partial charge in [0.1, 0.15) is 6.61 Å². The summed E-state index contributed by atoms with van der Waals surface area (Å²) in [6, 6.07) is 0.268. The molecule has 0 spiro atoms. The Morgan fingerprint density at radius 3 is 1.76 bits per heavy atom. The highest BCUT2D eigenvalue weighted by molar-refractivity contribution is 5.77. The van der Waals surface area contributed by atoms with Crippen LogP contribution in [0.4, 0.5) is 0 Å². The second-order valence-electron chi connectivity index (χ2n) is 12.1. The van der Waals surface area contributed by atoms with Gasteiger partial charge in [0.25, 0.3) is 0 Å². The summed E-state index contributed by atoms with van der Waals surface area (Å²) in [7, 11) is 0. The van der Waals surface area contributed by atoms with Gasteiger partial charge in [-0.1, -0.05) is 13.3 Å². The van der Waals surface area contributed by atoms with Crippen LogP contribution in [0.15, 0.2) is 0 Å². The molecule has 2 fully saturated rings. The average Bonchev–Trinajstić information content (AvgIpc) is 2.47. The topological polar surface area (TPSA) is 53.6 Å². The molecule has 2 rings (SSSR count). The van der Waals surface area contributed by atoms with Crippen LogP contribution in [-0.4, -0.2) is 58.3 Å². The molecule has 2 heterocycles. The van der Waals surface area contributed by atoms with E-state index in [4.69, 9.17) is 4.74 Å². The number of ether oxygens (including phenoxy) is 1. The van der Waals surface area contributed by atoms with Crippen LogP contribution < -0.4 is 10.6 Å². The Labute approximate surface area is 179 Å². The SMILES string of the molecule is CCCCN(C(=O)COC1CC(C)(C)NC(C)(C)C1)C1CC(C)(C)NC(C)(C)C1. The largest absolute Gasteiger partial charge is 0.368 e. The summed E-state index contributed by atoms with van der Waals surface area (Å²) >= 11 is 0. The highest BCUT2D eigenvalue weighted by atomic mass is 16.5. The lowest BCUT2D eigenvalue weighted by atomic mass is 9.79. The van der Waals surface area contributed by atoms with E-state index in [1.165, 1.54) is 0 Å². The lowest BCUT2D eigenvalue weighted by Gasteiger charge is -2.50. The van der Waals surface area contributed by atoms with E-state index in [0.717, 1.165) is 45.1 Å². The molecule has 2 N–H and O–H groups in total. The van der Waals surface area contributed by atoms with Crippen LogP contribution in [-0.2, 0) is 9.53 Å². The van der Waals surface area contributed by atoms with Crippen molar-refractivity contribution in [1.82, 2.24) is 15.5 Å². The Kier molecular flexibility index (Phi) is 7.50. The first-order valence-corrected chi connectivity index (χ1v) is 11.6. The number of carbonyl (C=O) groups is 1. The maximum absolute atomic E-state index is 13.3. The lowest BCUT2D eigenvalue weighted by Crippen LogP contribution is -2.63. The number of amides is 1. The van der Waals surface area contributed by atoms with E-state index in [1.54, 1.807) is 0 Å². The third-order valence-electron chi connectivity index (χ3n) is 6.28. The van der Waals surface area contributed by atoms with E-state index in [0.29, 0.717) is 0 Å². The molecule has 1 amide bonds. The first-order chi connectivity index (χ1) is 13.1. The van der Waals surface area contributed by atoms with Crippen molar-refractivity contribution in [2.75, 3.05) is 13.2 Å². The highest BCUT2D eigenvalue weighted by Crippen LogP contribution is 2.33. The van der Waals surface area contributed by atoms with Crippen molar-refractivity contribution < 1.29 is 9.53 Å². The third-order valence-corrected chi connectivity index (χ3v) is 6.28. The fraction of sp³-hybridized carbons (Fsp3) is 0.958. The van der Waals surface area contributed by atoms with Crippen molar-refractivity contribution in [3.8, 4) is 0 Å². The second-order valence-corrected chi connectivity index (χ2v) is 12.1. The molecule has 0 bridgehead atoms. The van der Waals surface area contributed by atoms with Gasteiger partial charge in [-0.3, -0.25) is 4.79 Å². The number of nitrogens with one attached hydrogen (secondary N) is 2. The van der Waals surface area contributed by atoms with Gasteiger partial charge in [-0.25, -0.2) is 0 Å². The minimum Gasteiger partial charge on any atom is -0.368 e. The van der Waals surface area contributed by atoms with Crippen molar-refractivity contribution in [2.45, 2.75) is 135 Å². The Morgan fingerprint density at radius 1 is 0.862 bits per heavy atom. The van der Waals surface area contributed by atoms with Gasteiger partial charge in [0, 0.05) is 34.7 Å². The zero-order chi connectivity index (χ0) is 22.1.